The van der Waals surface area contributed by atoms with E-state index in [4.69, 9.17) is 5.73 Å². The largest absolute Gasteiger partial charge is 0.364 e. The Morgan fingerprint density at radius 1 is 1.30 bits per heavy atom. The van der Waals surface area contributed by atoms with Gasteiger partial charge in [-0.2, -0.15) is 0 Å². The molecule has 0 aliphatic carbocycles. The second-order valence-electron chi connectivity index (χ2n) is 5.72. The van der Waals surface area contributed by atoms with Crippen molar-refractivity contribution in [3.63, 3.8) is 0 Å². The van der Waals surface area contributed by atoms with E-state index in [9.17, 15) is 9.59 Å². The molecule has 1 aliphatic rings. The number of imidazole rings is 1. The van der Waals surface area contributed by atoms with Crippen molar-refractivity contribution >= 4 is 17.8 Å². The number of hydrogen-bond acceptors (Lipinski definition) is 4. The number of hydrogen-bond donors (Lipinski definition) is 3. The second kappa shape index (κ2) is 6.15. The minimum absolute atomic E-state index is 0.111. The lowest BCUT2D eigenvalue weighted by molar-refractivity contribution is 0.0926. The van der Waals surface area contributed by atoms with Gasteiger partial charge in [0.2, 0.25) is 5.95 Å². The first-order valence-corrected chi connectivity index (χ1v) is 7.56. The molecule has 8 nitrogen and oxygen atoms in total. The molecule has 0 aromatic carbocycles. The second-order valence-corrected chi connectivity index (χ2v) is 5.72. The zero-order chi connectivity index (χ0) is 16.4. The van der Waals surface area contributed by atoms with Gasteiger partial charge >= 0.3 is 0 Å². The number of aromatic nitrogens is 3. The summed E-state index contributed by atoms with van der Waals surface area (Å²) in [6.07, 6.45) is 5.40. The van der Waals surface area contributed by atoms with Crippen molar-refractivity contribution in [1.29, 1.82) is 0 Å². The SMILES string of the molecule is Cn1ccnc1N1CCC(NC(=O)c2ccc(C(N)=O)[nH]2)CC1. The van der Waals surface area contributed by atoms with Crippen molar-refractivity contribution in [3.8, 4) is 0 Å². The van der Waals surface area contributed by atoms with Crippen LogP contribution in [0.25, 0.3) is 0 Å². The summed E-state index contributed by atoms with van der Waals surface area (Å²) in [5, 5.41) is 2.99. The molecule has 0 saturated carbocycles. The summed E-state index contributed by atoms with van der Waals surface area (Å²) in [6, 6.07) is 3.19. The maximum atomic E-state index is 12.2. The van der Waals surface area contributed by atoms with Gasteiger partial charge in [-0.15, -0.1) is 0 Å². The molecule has 0 atom stereocenters. The Morgan fingerprint density at radius 3 is 2.57 bits per heavy atom. The smallest absolute Gasteiger partial charge is 0.267 e. The van der Waals surface area contributed by atoms with Crippen LogP contribution in [0.4, 0.5) is 5.95 Å². The van der Waals surface area contributed by atoms with Crippen molar-refractivity contribution in [2.45, 2.75) is 18.9 Å². The lowest BCUT2D eigenvalue weighted by Gasteiger charge is -2.32. The average Bonchev–Trinajstić information content (AvgIpc) is 3.17. The summed E-state index contributed by atoms with van der Waals surface area (Å²) in [5.41, 5.74) is 5.76. The fourth-order valence-corrected chi connectivity index (χ4v) is 2.82. The highest BCUT2D eigenvalue weighted by molar-refractivity contribution is 5.96. The molecule has 1 aliphatic heterocycles. The van der Waals surface area contributed by atoms with Crippen molar-refractivity contribution in [3.05, 3.63) is 35.9 Å². The van der Waals surface area contributed by atoms with E-state index in [1.807, 2.05) is 17.8 Å². The molecule has 8 heteroatoms. The fraction of sp³-hybridized carbons (Fsp3) is 0.400. The fourth-order valence-electron chi connectivity index (χ4n) is 2.82. The summed E-state index contributed by atoms with van der Waals surface area (Å²) in [5.74, 6) is 0.158. The maximum absolute atomic E-state index is 12.2. The number of anilines is 1. The number of carbonyl (C=O) groups excluding carboxylic acids is 2. The molecule has 2 aromatic heterocycles. The summed E-state index contributed by atoms with van der Waals surface area (Å²) in [7, 11) is 1.97. The van der Waals surface area contributed by atoms with Crippen LogP contribution < -0.4 is 16.0 Å². The lowest BCUT2D eigenvalue weighted by Crippen LogP contribution is -2.45. The molecule has 2 aromatic rings. The van der Waals surface area contributed by atoms with Crippen LogP contribution in [0, 0.1) is 0 Å². The van der Waals surface area contributed by atoms with E-state index in [0.29, 0.717) is 5.69 Å². The Hall–Kier alpha value is -2.77. The molecule has 0 spiro atoms. The van der Waals surface area contributed by atoms with Gasteiger partial charge in [-0.25, -0.2) is 4.98 Å². The first-order valence-electron chi connectivity index (χ1n) is 7.56. The molecule has 0 unspecified atom stereocenters. The van der Waals surface area contributed by atoms with Gasteiger partial charge in [0.25, 0.3) is 11.8 Å². The maximum Gasteiger partial charge on any atom is 0.267 e. The monoisotopic (exact) mass is 316 g/mol. The molecular weight excluding hydrogens is 296 g/mol. The third kappa shape index (κ3) is 3.20. The van der Waals surface area contributed by atoms with Crippen LogP contribution in [0.15, 0.2) is 24.5 Å². The van der Waals surface area contributed by atoms with E-state index in [1.54, 1.807) is 12.3 Å². The summed E-state index contributed by atoms with van der Waals surface area (Å²) in [4.78, 5) is 32.5. The van der Waals surface area contributed by atoms with E-state index in [0.717, 1.165) is 31.9 Å². The number of carbonyl (C=O) groups is 2. The Balaban J connectivity index is 1.55. The van der Waals surface area contributed by atoms with Crippen molar-refractivity contribution < 1.29 is 9.59 Å². The third-order valence-electron chi connectivity index (χ3n) is 4.10. The van der Waals surface area contributed by atoms with Gasteiger partial charge in [0.05, 0.1) is 0 Å². The van der Waals surface area contributed by atoms with E-state index >= 15 is 0 Å². The van der Waals surface area contributed by atoms with Gasteiger partial charge in [0, 0.05) is 38.6 Å². The highest BCUT2D eigenvalue weighted by Gasteiger charge is 2.23. The molecule has 23 heavy (non-hydrogen) atoms. The standard InChI is InChI=1S/C15H20N6O2/c1-20-9-6-17-15(20)21-7-4-10(5-8-21)18-14(23)12-3-2-11(19-12)13(16)22/h2-3,6,9-10,19H,4-5,7-8H2,1H3,(H2,16,22)(H,18,23). The topological polar surface area (TPSA) is 109 Å². The third-order valence-corrected chi connectivity index (χ3v) is 4.10. The first-order chi connectivity index (χ1) is 11.0. The molecule has 3 heterocycles. The van der Waals surface area contributed by atoms with Crippen LogP contribution in [0.1, 0.15) is 33.8 Å². The summed E-state index contributed by atoms with van der Waals surface area (Å²) < 4.78 is 1.99. The number of aryl methyl sites for hydroxylation is 1. The zero-order valence-corrected chi connectivity index (χ0v) is 13.0. The Morgan fingerprint density at radius 2 is 2.00 bits per heavy atom. The number of primary amides is 1. The molecule has 0 bridgehead atoms. The van der Waals surface area contributed by atoms with Gasteiger partial charge in [-0.1, -0.05) is 0 Å². The number of amides is 2. The average molecular weight is 316 g/mol. The van der Waals surface area contributed by atoms with Crippen LogP contribution in [0.2, 0.25) is 0 Å². The van der Waals surface area contributed by atoms with Gasteiger partial charge in [0.15, 0.2) is 0 Å². The van der Waals surface area contributed by atoms with Crippen LogP contribution in [-0.4, -0.2) is 45.5 Å². The van der Waals surface area contributed by atoms with Gasteiger partial charge in [-0.05, 0) is 25.0 Å². The Kier molecular flexibility index (Phi) is 4.05. The lowest BCUT2D eigenvalue weighted by atomic mass is 10.1. The van der Waals surface area contributed by atoms with Crippen molar-refractivity contribution in [2.75, 3.05) is 18.0 Å². The van der Waals surface area contributed by atoms with Gasteiger partial charge < -0.3 is 25.5 Å². The zero-order valence-electron chi connectivity index (χ0n) is 13.0. The highest BCUT2D eigenvalue weighted by Crippen LogP contribution is 2.17. The number of piperidine rings is 1. The van der Waals surface area contributed by atoms with E-state index in [1.165, 1.54) is 6.07 Å². The Bertz CT molecular complexity index is 711. The number of H-pyrrole nitrogens is 1. The molecule has 4 N–H and O–H groups in total. The quantitative estimate of drug-likeness (QED) is 0.751. The number of rotatable bonds is 4. The minimum Gasteiger partial charge on any atom is -0.364 e. The Labute approximate surface area is 133 Å². The molecule has 1 fully saturated rings. The van der Waals surface area contributed by atoms with Gasteiger partial charge in [0.1, 0.15) is 11.4 Å². The molecule has 122 valence electrons. The number of aromatic amines is 1. The summed E-state index contributed by atoms with van der Waals surface area (Å²) >= 11 is 0. The van der Waals surface area contributed by atoms with Crippen LogP contribution >= 0.6 is 0 Å². The van der Waals surface area contributed by atoms with Crippen LogP contribution in [0.5, 0.6) is 0 Å². The van der Waals surface area contributed by atoms with E-state index < -0.39 is 5.91 Å². The predicted molar refractivity (Wildman–Crippen MR) is 85.2 cm³/mol. The molecule has 2 amide bonds. The van der Waals surface area contributed by atoms with Gasteiger partial charge in [-0.3, -0.25) is 9.59 Å². The number of nitrogens with one attached hydrogen (secondary N) is 2. The van der Waals surface area contributed by atoms with Crippen molar-refractivity contribution in [2.24, 2.45) is 12.8 Å². The minimum atomic E-state index is -0.576. The van der Waals surface area contributed by atoms with E-state index in [2.05, 4.69) is 20.2 Å². The number of nitrogens with zero attached hydrogens (tertiary/aromatic N) is 3. The predicted octanol–water partition coefficient (Wildman–Crippen LogP) is 0.246. The first kappa shape index (κ1) is 15.1. The normalized spacial score (nSPS) is 15.6. The molecule has 1 saturated heterocycles. The highest BCUT2D eigenvalue weighted by atomic mass is 16.2. The summed E-state index contributed by atoms with van der Waals surface area (Å²) in [6.45, 7) is 1.68. The van der Waals surface area contributed by atoms with Crippen molar-refractivity contribution in [1.82, 2.24) is 19.9 Å². The molecule has 3 rings (SSSR count). The molecule has 0 radical (unpaired) electrons. The van der Waals surface area contributed by atoms with Crippen LogP contribution in [0.3, 0.4) is 0 Å². The number of nitrogens with two attached hydrogens (primary N) is 1. The van der Waals surface area contributed by atoms with E-state index in [-0.39, 0.29) is 17.6 Å². The molecular formula is C15H20N6O2. The van der Waals surface area contributed by atoms with Crippen LogP contribution in [-0.2, 0) is 7.05 Å².